The lowest BCUT2D eigenvalue weighted by atomic mass is 9.94. The SMILES string of the molecule is COCc1cc(-c2nc(-c3ccc(CN(C)C(C=O)CO)c(F)c3)no2)ccc1-c1ccccc1C(F)(F)F. The molecule has 1 unspecified atom stereocenters. The van der Waals surface area contributed by atoms with Gasteiger partial charge in [-0.2, -0.15) is 18.2 Å². The minimum atomic E-state index is -4.53. The molecule has 0 aliphatic carbocycles. The van der Waals surface area contributed by atoms with Crippen LogP contribution in [0.2, 0.25) is 0 Å². The number of benzene rings is 3. The van der Waals surface area contributed by atoms with Crippen molar-refractivity contribution >= 4 is 6.29 Å². The van der Waals surface area contributed by atoms with Gasteiger partial charge >= 0.3 is 6.18 Å². The molecule has 3 aromatic carbocycles. The van der Waals surface area contributed by atoms with Crippen molar-refractivity contribution in [3.05, 3.63) is 83.2 Å². The van der Waals surface area contributed by atoms with Gasteiger partial charge in [-0.1, -0.05) is 41.6 Å². The fourth-order valence-corrected chi connectivity index (χ4v) is 4.17. The van der Waals surface area contributed by atoms with E-state index in [1.807, 2.05) is 0 Å². The van der Waals surface area contributed by atoms with Crippen molar-refractivity contribution in [1.29, 1.82) is 0 Å². The van der Waals surface area contributed by atoms with Gasteiger partial charge in [0.25, 0.3) is 5.89 Å². The van der Waals surface area contributed by atoms with Crippen LogP contribution in [-0.4, -0.2) is 53.2 Å². The van der Waals surface area contributed by atoms with Crippen LogP contribution in [0.15, 0.2) is 65.2 Å². The first-order valence-electron chi connectivity index (χ1n) is 11.8. The third-order valence-electron chi connectivity index (χ3n) is 6.24. The lowest BCUT2D eigenvalue weighted by Crippen LogP contribution is -2.35. The number of carbonyl (C=O) groups excluding carboxylic acids is 1. The van der Waals surface area contributed by atoms with Crippen molar-refractivity contribution in [3.63, 3.8) is 0 Å². The molecule has 4 aromatic rings. The molecule has 0 amide bonds. The Morgan fingerprint density at radius 3 is 2.46 bits per heavy atom. The molecular weight excluding hydrogens is 518 g/mol. The summed E-state index contributed by atoms with van der Waals surface area (Å²) in [5.74, 6) is -0.341. The first kappa shape index (κ1) is 28.1. The molecule has 11 heteroatoms. The van der Waals surface area contributed by atoms with Gasteiger partial charge < -0.3 is 19.2 Å². The highest BCUT2D eigenvalue weighted by atomic mass is 19.4. The van der Waals surface area contributed by atoms with E-state index in [2.05, 4.69) is 10.1 Å². The van der Waals surface area contributed by atoms with Crippen LogP contribution in [0.25, 0.3) is 34.0 Å². The molecule has 0 fully saturated rings. The largest absolute Gasteiger partial charge is 0.417 e. The fraction of sp³-hybridized carbons (Fsp3) is 0.250. The molecule has 1 atom stereocenters. The minimum Gasteiger partial charge on any atom is -0.394 e. The van der Waals surface area contributed by atoms with E-state index in [0.29, 0.717) is 34.1 Å². The number of aromatic nitrogens is 2. The molecule has 4 rings (SSSR count). The maximum atomic E-state index is 14.8. The number of carbonyl (C=O) groups is 1. The number of alkyl halides is 3. The normalized spacial score (nSPS) is 12.6. The molecule has 1 N–H and O–H groups in total. The summed E-state index contributed by atoms with van der Waals surface area (Å²) in [6, 6.07) is 13.7. The number of hydrogen-bond acceptors (Lipinski definition) is 7. The zero-order valence-corrected chi connectivity index (χ0v) is 21.1. The number of hydrogen-bond donors (Lipinski definition) is 1. The summed E-state index contributed by atoms with van der Waals surface area (Å²) in [5.41, 5.74) is 1.22. The number of aliphatic hydroxyl groups excluding tert-OH is 1. The summed E-state index contributed by atoms with van der Waals surface area (Å²) < 4.78 is 66.3. The number of aldehydes is 1. The van der Waals surface area contributed by atoms with Gasteiger partial charge in [-0.3, -0.25) is 4.90 Å². The Bertz CT molecular complexity index is 1450. The van der Waals surface area contributed by atoms with Crippen LogP contribution in [0, 0.1) is 5.82 Å². The van der Waals surface area contributed by atoms with E-state index in [1.165, 1.54) is 42.3 Å². The van der Waals surface area contributed by atoms with Crippen LogP contribution in [0.4, 0.5) is 17.6 Å². The van der Waals surface area contributed by atoms with Crippen LogP contribution in [-0.2, 0) is 28.9 Å². The van der Waals surface area contributed by atoms with Crippen molar-refractivity contribution in [2.75, 3.05) is 20.8 Å². The molecule has 0 saturated carbocycles. The van der Waals surface area contributed by atoms with Gasteiger partial charge in [-0.15, -0.1) is 0 Å². The lowest BCUT2D eigenvalue weighted by molar-refractivity contribution is -0.137. The van der Waals surface area contributed by atoms with Gasteiger partial charge in [-0.05, 0) is 48.0 Å². The Kier molecular flexibility index (Phi) is 8.54. The molecule has 204 valence electrons. The zero-order valence-electron chi connectivity index (χ0n) is 21.1. The fourth-order valence-electron chi connectivity index (χ4n) is 4.17. The molecule has 1 heterocycles. The predicted molar refractivity (Wildman–Crippen MR) is 135 cm³/mol. The van der Waals surface area contributed by atoms with Crippen molar-refractivity contribution in [2.24, 2.45) is 0 Å². The van der Waals surface area contributed by atoms with E-state index in [-0.39, 0.29) is 37.0 Å². The maximum Gasteiger partial charge on any atom is 0.417 e. The molecule has 0 spiro atoms. The predicted octanol–water partition coefficient (Wildman–Crippen LogP) is 5.37. The number of methoxy groups -OCH3 is 1. The van der Waals surface area contributed by atoms with Gasteiger partial charge in [0.2, 0.25) is 5.82 Å². The van der Waals surface area contributed by atoms with Crippen LogP contribution < -0.4 is 0 Å². The first-order valence-corrected chi connectivity index (χ1v) is 11.8. The lowest BCUT2D eigenvalue weighted by Gasteiger charge is -2.21. The quantitative estimate of drug-likeness (QED) is 0.213. The highest BCUT2D eigenvalue weighted by Crippen LogP contribution is 2.39. The van der Waals surface area contributed by atoms with Crippen molar-refractivity contribution in [2.45, 2.75) is 25.4 Å². The van der Waals surface area contributed by atoms with Gasteiger partial charge in [0.1, 0.15) is 12.1 Å². The van der Waals surface area contributed by atoms with E-state index < -0.39 is 23.6 Å². The number of rotatable bonds is 10. The van der Waals surface area contributed by atoms with Gasteiger partial charge in [0.15, 0.2) is 0 Å². The molecule has 39 heavy (non-hydrogen) atoms. The Labute approximate surface area is 221 Å². The summed E-state index contributed by atoms with van der Waals surface area (Å²) in [6.45, 7) is -0.244. The molecule has 0 aliphatic heterocycles. The van der Waals surface area contributed by atoms with E-state index in [0.717, 1.165) is 6.07 Å². The van der Waals surface area contributed by atoms with Gasteiger partial charge in [0.05, 0.1) is 24.8 Å². The molecular formula is C28H25F4N3O4. The summed E-state index contributed by atoms with van der Waals surface area (Å²) >= 11 is 0. The van der Waals surface area contributed by atoms with Crippen molar-refractivity contribution < 1.29 is 36.7 Å². The van der Waals surface area contributed by atoms with Crippen LogP contribution in [0.5, 0.6) is 0 Å². The molecule has 1 aromatic heterocycles. The second-order valence-corrected chi connectivity index (χ2v) is 8.88. The number of likely N-dealkylation sites (N-methyl/N-ethyl adjacent to an activating group) is 1. The Morgan fingerprint density at radius 1 is 1.05 bits per heavy atom. The highest BCUT2D eigenvalue weighted by Gasteiger charge is 2.33. The second kappa shape index (κ2) is 11.9. The van der Waals surface area contributed by atoms with E-state index in [1.54, 1.807) is 31.3 Å². The standard InChI is InChI=1S/C28H25F4N3O4/c1-35(21(14-36)15-37)13-19-8-7-17(12-25(19)29)26-33-27(39-34-26)18-9-10-22(20(11-18)16-38-2)23-5-3-4-6-24(23)28(30,31)32/h3-12,14,21,37H,13,15-16H2,1-2H3. The van der Waals surface area contributed by atoms with Gasteiger partial charge in [-0.25, -0.2) is 4.39 Å². The number of aliphatic hydroxyl groups is 1. The Balaban J connectivity index is 1.63. The van der Waals surface area contributed by atoms with Crippen molar-refractivity contribution in [1.82, 2.24) is 15.0 Å². The Hall–Kier alpha value is -3.93. The van der Waals surface area contributed by atoms with E-state index in [9.17, 15) is 27.5 Å². The van der Waals surface area contributed by atoms with Gasteiger partial charge in [0, 0.05) is 30.3 Å². The number of nitrogens with zero attached hydrogens (tertiary/aromatic N) is 3. The number of ether oxygens (including phenoxy) is 1. The number of halogens is 4. The highest BCUT2D eigenvalue weighted by molar-refractivity contribution is 5.74. The average Bonchev–Trinajstić information content (AvgIpc) is 3.41. The zero-order chi connectivity index (χ0) is 28.2. The van der Waals surface area contributed by atoms with E-state index >= 15 is 0 Å². The molecule has 0 radical (unpaired) electrons. The minimum absolute atomic E-state index is 0.0227. The summed E-state index contributed by atoms with van der Waals surface area (Å²) in [4.78, 5) is 16.9. The third-order valence-corrected chi connectivity index (χ3v) is 6.24. The summed E-state index contributed by atoms with van der Waals surface area (Å²) in [7, 11) is 3.04. The Morgan fingerprint density at radius 2 is 1.79 bits per heavy atom. The molecule has 0 bridgehead atoms. The second-order valence-electron chi connectivity index (χ2n) is 8.88. The first-order chi connectivity index (χ1) is 18.7. The maximum absolute atomic E-state index is 14.8. The van der Waals surface area contributed by atoms with Crippen LogP contribution >= 0.6 is 0 Å². The topological polar surface area (TPSA) is 88.7 Å². The molecule has 0 aliphatic rings. The smallest absolute Gasteiger partial charge is 0.394 e. The van der Waals surface area contributed by atoms with Crippen LogP contribution in [0.3, 0.4) is 0 Å². The average molecular weight is 544 g/mol. The molecule has 7 nitrogen and oxygen atoms in total. The third kappa shape index (κ3) is 6.22. The molecule has 0 saturated heterocycles. The van der Waals surface area contributed by atoms with E-state index in [4.69, 9.17) is 9.26 Å². The van der Waals surface area contributed by atoms with Crippen LogP contribution in [0.1, 0.15) is 16.7 Å². The van der Waals surface area contributed by atoms with Crippen molar-refractivity contribution in [3.8, 4) is 34.0 Å². The summed E-state index contributed by atoms with van der Waals surface area (Å²) in [5, 5.41) is 13.2. The summed E-state index contributed by atoms with van der Waals surface area (Å²) in [6.07, 6.45) is -3.94. The monoisotopic (exact) mass is 543 g/mol.